The van der Waals surface area contributed by atoms with E-state index in [1.165, 1.54) is 6.07 Å². The minimum Gasteiger partial charge on any atom is -0.477 e. The van der Waals surface area contributed by atoms with Crippen LogP contribution in [0.1, 0.15) is 10.5 Å². The molecule has 0 atom stereocenters. The van der Waals surface area contributed by atoms with E-state index in [0.717, 1.165) is 10.1 Å². The van der Waals surface area contributed by atoms with Crippen LogP contribution in [-0.4, -0.2) is 20.6 Å². The predicted molar refractivity (Wildman–Crippen MR) is 55.4 cm³/mol. The molecule has 0 bridgehead atoms. The van der Waals surface area contributed by atoms with Gasteiger partial charge in [-0.1, -0.05) is 0 Å². The lowest BCUT2D eigenvalue weighted by molar-refractivity contribution is 0.0691. The van der Waals surface area contributed by atoms with Crippen LogP contribution in [0.4, 0.5) is 0 Å². The van der Waals surface area contributed by atoms with Crippen LogP contribution in [-0.2, 0) is 7.05 Å². The number of hydrogen-bond donors (Lipinski definition) is 1. The smallest absolute Gasteiger partial charge is 0.354 e. The first kappa shape index (κ1) is 9.21. The Balaban J connectivity index is 2.73. The van der Waals surface area contributed by atoms with Crippen molar-refractivity contribution in [1.29, 1.82) is 0 Å². The third-order valence-electron chi connectivity index (χ3n) is 2.06. The fraction of sp³-hybridized carbons (Fsp3) is 0.111. The van der Waals surface area contributed by atoms with Crippen LogP contribution in [0.3, 0.4) is 0 Å². The molecule has 2 aromatic heterocycles. The molecule has 0 unspecified atom stereocenters. The molecule has 0 aromatic carbocycles. The highest BCUT2D eigenvalue weighted by atomic mass is 79.9. The van der Waals surface area contributed by atoms with Crippen LogP contribution in [0.15, 0.2) is 22.8 Å². The molecule has 0 spiro atoms. The van der Waals surface area contributed by atoms with E-state index >= 15 is 0 Å². The van der Waals surface area contributed by atoms with Gasteiger partial charge in [0, 0.05) is 7.05 Å². The molecule has 0 amide bonds. The third kappa shape index (κ3) is 1.29. The summed E-state index contributed by atoms with van der Waals surface area (Å²) in [5, 5.41) is 8.74. The molecule has 2 rings (SSSR count). The Hall–Kier alpha value is -1.36. The zero-order valence-electron chi connectivity index (χ0n) is 7.36. The quantitative estimate of drug-likeness (QED) is 0.848. The molecule has 0 saturated carbocycles. The number of fused-ring (bicyclic) bond motifs is 1. The van der Waals surface area contributed by atoms with Gasteiger partial charge in [-0.05, 0) is 34.1 Å². The Morgan fingerprint density at radius 3 is 2.93 bits per heavy atom. The van der Waals surface area contributed by atoms with Crippen molar-refractivity contribution in [2.24, 2.45) is 7.05 Å². The van der Waals surface area contributed by atoms with E-state index in [9.17, 15) is 4.79 Å². The fourth-order valence-corrected chi connectivity index (χ4v) is 1.71. The number of aromatic nitrogens is 2. The summed E-state index contributed by atoms with van der Waals surface area (Å²) in [5.41, 5.74) is 1.65. The van der Waals surface area contributed by atoms with Crippen LogP contribution >= 0.6 is 15.9 Å². The lowest BCUT2D eigenvalue weighted by Gasteiger charge is -1.97. The monoisotopic (exact) mass is 254 g/mol. The van der Waals surface area contributed by atoms with Crippen LogP contribution < -0.4 is 0 Å². The van der Waals surface area contributed by atoms with E-state index in [2.05, 4.69) is 20.9 Å². The molecule has 72 valence electrons. The first-order valence-electron chi connectivity index (χ1n) is 3.95. The summed E-state index contributed by atoms with van der Waals surface area (Å²) < 4.78 is 2.77. The topological polar surface area (TPSA) is 55.1 Å². The minimum absolute atomic E-state index is 0.0654. The van der Waals surface area contributed by atoms with Gasteiger partial charge in [-0.3, -0.25) is 0 Å². The number of carboxylic acids is 1. The Morgan fingerprint density at radius 1 is 1.57 bits per heavy atom. The molecule has 0 aliphatic heterocycles. The van der Waals surface area contributed by atoms with Gasteiger partial charge in [0.25, 0.3) is 0 Å². The standard InChI is InChI=1S/C9H7BrN2O2/c1-12-7-3-2-5(9(13)14)11-6(7)4-8(12)10/h2-4H,1H3,(H,13,14). The average molecular weight is 255 g/mol. The molecule has 0 fully saturated rings. The molecule has 0 aliphatic rings. The number of carboxylic acid groups (broad SMARTS) is 1. The lowest BCUT2D eigenvalue weighted by Crippen LogP contribution is -1.99. The Labute approximate surface area is 88.3 Å². The number of aromatic carboxylic acids is 1. The summed E-state index contributed by atoms with van der Waals surface area (Å²) in [7, 11) is 1.88. The van der Waals surface area contributed by atoms with Crippen LogP contribution in [0.25, 0.3) is 11.0 Å². The largest absolute Gasteiger partial charge is 0.477 e. The maximum atomic E-state index is 10.7. The van der Waals surface area contributed by atoms with Crippen LogP contribution in [0, 0.1) is 0 Å². The maximum absolute atomic E-state index is 10.7. The minimum atomic E-state index is -1.01. The summed E-state index contributed by atoms with van der Waals surface area (Å²) >= 11 is 3.35. The summed E-state index contributed by atoms with van der Waals surface area (Å²) in [6, 6.07) is 5.04. The second kappa shape index (κ2) is 3.09. The van der Waals surface area contributed by atoms with Crippen molar-refractivity contribution in [3.8, 4) is 0 Å². The highest BCUT2D eigenvalue weighted by molar-refractivity contribution is 9.10. The van der Waals surface area contributed by atoms with E-state index in [1.807, 2.05) is 11.6 Å². The highest BCUT2D eigenvalue weighted by Crippen LogP contribution is 2.21. The van der Waals surface area contributed by atoms with E-state index in [-0.39, 0.29) is 5.69 Å². The Morgan fingerprint density at radius 2 is 2.29 bits per heavy atom. The third-order valence-corrected chi connectivity index (χ3v) is 2.82. The van der Waals surface area contributed by atoms with Gasteiger partial charge in [0.05, 0.1) is 15.6 Å². The predicted octanol–water partition coefficient (Wildman–Crippen LogP) is 2.03. The van der Waals surface area contributed by atoms with Gasteiger partial charge in [-0.2, -0.15) is 0 Å². The van der Waals surface area contributed by atoms with Crippen molar-refractivity contribution in [3.05, 3.63) is 28.5 Å². The fourth-order valence-electron chi connectivity index (χ4n) is 1.30. The molecule has 2 heterocycles. The molecule has 14 heavy (non-hydrogen) atoms. The molecule has 1 N–H and O–H groups in total. The van der Waals surface area contributed by atoms with Crippen LogP contribution in [0.2, 0.25) is 0 Å². The molecule has 0 aliphatic carbocycles. The SMILES string of the molecule is Cn1c(Br)cc2nc(C(=O)O)ccc21. The van der Waals surface area contributed by atoms with Gasteiger partial charge in [0.1, 0.15) is 5.69 Å². The maximum Gasteiger partial charge on any atom is 0.354 e. The first-order valence-corrected chi connectivity index (χ1v) is 4.74. The molecule has 0 radical (unpaired) electrons. The summed E-state index contributed by atoms with van der Waals surface area (Å²) in [5.74, 6) is -1.01. The number of hydrogen-bond acceptors (Lipinski definition) is 2. The Bertz CT molecular complexity index is 519. The molecular formula is C9H7BrN2O2. The van der Waals surface area contributed by atoms with Crippen molar-refractivity contribution < 1.29 is 9.90 Å². The molecular weight excluding hydrogens is 248 g/mol. The zero-order valence-corrected chi connectivity index (χ0v) is 8.95. The number of pyridine rings is 1. The molecule has 4 nitrogen and oxygen atoms in total. The van der Waals surface area contributed by atoms with Gasteiger partial charge in [0.2, 0.25) is 0 Å². The van der Waals surface area contributed by atoms with E-state index in [0.29, 0.717) is 5.52 Å². The highest BCUT2D eigenvalue weighted by Gasteiger charge is 2.08. The van der Waals surface area contributed by atoms with Gasteiger partial charge in [0.15, 0.2) is 0 Å². The van der Waals surface area contributed by atoms with Gasteiger partial charge < -0.3 is 9.67 Å². The number of halogens is 1. The molecule has 0 saturated heterocycles. The summed E-state index contributed by atoms with van der Waals surface area (Å²) in [6.45, 7) is 0. The number of nitrogens with zero attached hydrogens (tertiary/aromatic N) is 2. The second-order valence-corrected chi connectivity index (χ2v) is 3.74. The molecule has 5 heteroatoms. The van der Waals surface area contributed by atoms with Crippen LogP contribution in [0.5, 0.6) is 0 Å². The van der Waals surface area contributed by atoms with E-state index < -0.39 is 5.97 Å². The Kier molecular flexibility index (Phi) is 2.03. The normalized spacial score (nSPS) is 10.7. The van der Waals surface area contributed by atoms with Gasteiger partial charge in [-0.15, -0.1) is 0 Å². The van der Waals surface area contributed by atoms with Crippen molar-refractivity contribution >= 4 is 32.9 Å². The van der Waals surface area contributed by atoms with E-state index in [1.54, 1.807) is 12.1 Å². The van der Waals surface area contributed by atoms with Crippen molar-refractivity contribution in [3.63, 3.8) is 0 Å². The number of rotatable bonds is 1. The van der Waals surface area contributed by atoms with Gasteiger partial charge in [-0.25, -0.2) is 9.78 Å². The average Bonchev–Trinajstić information content (AvgIpc) is 2.42. The summed E-state index contributed by atoms with van der Waals surface area (Å²) in [4.78, 5) is 14.7. The lowest BCUT2D eigenvalue weighted by atomic mass is 10.3. The number of carbonyl (C=O) groups is 1. The van der Waals surface area contributed by atoms with Crippen molar-refractivity contribution in [2.75, 3.05) is 0 Å². The second-order valence-electron chi connectivity index (χ2n) is 2.93. The first-order chi connectivity index (χ1) is 6.59. The zero-order chi connectivity index (χ0) is 10.3. The van der Waals surface area contributed by atoms with E-state index in [4.69, 9.17) is 5.11 Å². The summed E-state index contributed by atoms with van der Waals surface area (Å²) in [6.07, 6.45) is 0. The van der Waals surface area contributed by atoms with Crippen molar-refractivity contribution in [1.82, 2.24) is 9.55 Å². The van der Waals surface area contributed by atoms with Gasteiger partial charge >= 0.3 is 5.97 Å². The van der Waals surface area contributed by atoms with Crippen molar-refractivity contribution in [2.45, 2.75) is 0 Å². The molecule has 2 aromatic rings. The number of aryl methyl sites for hydroxylation is 1.